The molecule has 0 aliphatic heterocycles. The van der Waals surface area contributed by atoms with E-state index in [9.17, 15) is 4.39 Å². The van der Waals surface area contributed by atoms with Crippen molar-refractivity contribution in [2.24, 2.45) is 5.84 Å². The Bertz CT molecular complexity index is 585. The van der Waals surface area contributed by atoms with Crippen LogP contribution in [0.2, 0.25) is 5.02 Å². The number of benzene rings is 1. The van der Waals surface area contributed by atoms with Gasteiger partial charge in [-0.1, -0.05) is 17.7 Å². The number of nitrogens with two attached hydrogens (primary N) is 1. The van der Waals surface area contributed by atoms with Crippen LogP contribution in [0.25, 0.3) is 0 Å². The molecule has 1 unspecified atom stereocenters. The zero-order valence-corrected chi connectivity index (χ0v) is 12.3. The van der Waals surface area contributed by atoms with E-state index in [0.717, 1.165) is 21.1 Å². The first-order valence-corrected chi connectivity index (χ1v) is 7.04. The Labute approximate surface area is 120 Å². The number of nitrogens with one attached hydrogen (secondary N) is 1. The van der Waals surface area contributed by atoms with Crippen LogP contribution in [0, 0.1) is 19.7 Å². The highest BCUT2D eigenvalue weighted by Gasteiger charge is 2.17. The summed E-state index contributed by atoms with van der Waals surface area (Å²) in [6, 6.07) is 4.73. The molecule has 2 aromatic rings. The van der Waals surface area contributed by atoms with Gasteiger partial charge in [0.2, 0.25) is 0 Å². The number of aryl methyl sites for hydroxylation is 2. The molecule has 19 heavy (non-hydrogen) atoms. The summed E-state index contributed by atoms with van der Waals surface area (Å²) in [5, 5.41) is 1.13. The smallest absolute Gasteiger partial charge is 0.142 e. The zero-order valence-electron chi connectivity index (χ0n) is 10.7. The summed E-state index contributed by atoms with van der Waals surface area (Å²) in [7, 11) is 0. The number of hydrazine groups is 1. The second kappa shape index (κ2) is 5.96. The largest absolute Gasteiger partial charge is 0.271 e. The third-order valence-corrected chi connectivity index (χ3v) is 4.37. The summed E-state index contributed by atoms with van der Waals surface area (Å²) < 4.78 is 13.4. The molecule has 3 nitrogen and oxygen atoms in total. The first-order valence-electron chi connectivity index (χ1n) is 5.85. The van der Waals surface area contributed by atoms with Gasteiger partial charge < -0.3 is 0 Å². The summed E-state index contributed by atoms with van der Waals surface area (Å²) in [5.74, 6) is 5.20. The number of aromatic nitrogens is 1. The molecule has 1 heterocycles. The Morgan fingerprint density at radius 3 is 2.74 bits per heavy atom. The maximum Gasteiger partial charge on any atom is 0.142 e. The summed E-state index contributed by atoms with van der Waals surface area (Å²) in [5.41, 5.74) is 4.57. The minimum Gasteiger partial charge on any atom is -0.271 e. The fourth-order valence-corrected chi connectivity index (χ4v) is 3.11. The lowest BCUT2D eigenvalue weighted by Gasteiger charge is -2.15. The van der Waals surface area contributed by atoms with E-state index in [1.54, 1.807) is 23.5 Å². The molecule has 0 spiro atoms. The minimum absolute atomic E-state index is 0.0771. The molecular formula is C13H15ClFN3S. The van der Waals surface area contributed by atoms with E-state index in [0.29, 0.717) is 6.42 Å². The van der Waals surface area contributed by atoms with E-state index < -0.39 is 5.82 Å². The van der Waals surface area contributed by atoms with Crippen LogP contribution in [0.3, 0.4) is 0 Å². The van der Waals surface area contributed by atoms with Crippen molar-refractivity contribution in [3.05, 3.63) is 50.2 Å². The Morgan fingerprint density at radius 1 is 1.47 bits per heavy atom. The van der Waals surface area contributed by atoms with Crippen molar-refractivity contribution in [1.29, 1.82) is 0 Å². The average molecular weight is 300 g/mol. The van der Waals surface area contributed by atoms with Gasteiger partial charge in [-0.15, -0.1) is 11.3 Å². The van der Waals surface area contributed by atoms with Crippen LogP contribution in [0.4, 0.5) is 4.39 Å². The maximum absolute atomic E-state index is 13.4. The lowest BCUT2D eigenvalue weighted by atomic mass is 10.0. The van der Waals surface area contributed by atoms with Crippen LogP contribution in [-0.4, -0.2) is 4.98 Å². The van der Waals surface area contributed by atoms with Gasteiger partial charge in [0, 0.05) is 4.88 Å². The van der Waals surface area contributed by atoms with Crippen LogP contribution in [-0.2, 0) is 6.42 Å². The van der Waals surface area contributed by atoms with Crippen LogP contribution >= 0.6 is 22.9 Å². The molecule has 102 valence electrons. The number of thiazole rings is 1. The van der Waals surface area contributed by atoms with Crippen molar-refractivity contribution >= 4 is 22.9 Å². The molecule has 0 bridgehead atoms. The SMILES string of the molecule is Cc1nc(C)c(C(Cc2ccc(Cl)c(F)c2)NN)s1. The Hall–Kier alpha value is -1.01. The second-order valence-electron chi connectivity index (χ2n) is 4.35. The third kappa shape index (κ3) is 3.30. The molecule has 1 aromatic carbocycles. The zero-order chi connectivity index (χ0) is 14.0. The second-order valence-corrected chi connectivity index (χ2v) is 6.00. The van der Waals surface area contributed by atoms with Gasteiger partial charge in [0.05, 0.1) is 21.8 Å². The van der Waals surface area contributed by atoms with E-state index in [4.69, 9.17) is 17.4 Å². The predicted molar refractivity (Wildman–Crippen MR) is 76.8 cm³/mol. The van der Waals surface area contributed by atoms with Crippen molar-refractivity contribution in [3.8, 4) is 0 Å². The molecule has 1 atom stereocenters. The van der Waals surface area contributed by atoms with Crippen molar-refractivity contribution in [3.63, 3.8) is 0 Å². The highest BCUT2D eigenvalue weighted by molar-refractivity contribution is 7.11. The fraction of sp³-hybridized carbons (Fsp3) is 0.308. The van der Waals surface area contributed by atoms with Crippen LogP contribution in [0.1, 0.15) is 27.2 Å². The number of halogens is 2. The van der Waals surface area contributed by atoms with Crippen molar-refractivity contribution < 1.29 is 4.39 Å². The van der Waals surface area contributed by atoms with Gasteiger partial charge in [0.1, 0.15) is 5.82 Å². The third-order valence-electron chi connectivity index (χ3n) is 2.88. The molecule has 0 saturated carbocycles. The topological polar surface area (TPSA) is 50.9 Å². The Balaban J connectivity index is 2.23. The maximum atomic E-state index is 13.4. The van der Waals surface area contributed by atoms with E-state index in [1.165, 1.54) is 6.07 Å². The van der Waals surface area contributed by atoms with Gasteiger partial charge in [0.15, 0.2) is 0 Å². The van der Waals surface area contributed by atoms with Crippen LogP contribution in [0.15, 0.2) is 18.2 Å². The molecule has 0 saturated heterocycles. The first kappa shape index (κ1) is 14.4. The van der Waals surface area contributed by atoms with Gasteiger partial charge in [-0.2, -0.15) is 0 Å². The predicted octanol–water partition coefficient (Wildman–Crippen LogP) is 3.30. The number of nitrogens with zero attached hydrogens (tertiary/aromatic N) is 1. The Kier molecular flexibility index (Phi) is 4.52. The summed E-state index contributed by atoms with van der Waals surface area (Å²) in [6.45, 7) is 3.91. The Morgan fingerprint density at radius 2 is 2.21 bits per heavy atom. The average Bonchev–Trinajstić information content (AvgIpc) is 2.70. The number of hydrogen-bond donors (Lipinski definition) is 2. The van der Waals surface area contributed by atoms with Crippen molar-refractivity contribution in [1.82, 2.24) is 10.4 Å². The van der Waals surface area contributed by atoms with Gasteiger partial charge in [-0.3, -0.25) is 11.3 Å². The molecule has 2 rings (SSSR count). The summed E-state index contributed by atoms with van der Waals surface area (Å²) in [6.07, 6.45) is 0.590. The highest BCUT2D eigenvalue weighted by atomic mass is 35.5. The van der Waals surface area contributed by atoms with E-state index in [-0.39, 0.29) is 11.1 Å². The first-order chi connectivity index (χ1) is 9.01. The minimum atomic E-state index is -0.410. The highest BCUT2D eigenvalue weighted by Crippen LogP contribution is 2.27. The number of hydrogen-bond acceptors (Lipinski definition) is 4. The molecule has 0 aliphatic rings. The van der Waals surface area contributed by atoms with Gasteiger partial charge >= 0.3 is 0 Å². The molecule has 3 N–H and O–H groups in total. The van der Waals surface area contributed by atoms with E-state index in [1.807, 2.05) is 13.8 Å². The molecule has 0 fully saturated rings. The lowest BCUT2D eigenvalue weighted by molar-refractivity contribution is 0.553. The van der Waals surface area contributed by atoms with E-state index >= 15 is 0 Å². The molecule has 0 aliphatic carbocycles. The molecule has 0 amide bonds. The fourth-order valence-electron chi connectivity index (χ4n) is 2.00. The monoisotopic (exact) mass is 299 g/mol. The van der Waals surface area contributed by atoms with Gasteiger partial charge in [0.25, 0.3) is 0 Å². The van der Waals surface area contributed by atoms with Crippen molar-refractivity contribution in [2.75, 3.05) is 0 Å². The van der Waals surface area contributed by atoms with Crippen LogP contribution < -0.4 is 11.3 Å². The molecular weight excluding hydrogens is 285 g/mol. The van der Waals surface area contributed by atoms with E-state index in [2.05, 4.69) is 10.4 Å². The molecule has 1 aromatic heterocycles. The van der Waals surface area contributed by atoms with Gasteiger partial charge in [-0.05, 0) is 38.0 Å². The normalized spacial score (nSPS) is 12.7. The summed E-state index contributed by atoms with van der Waals surface area (Å²) in [4.78, 5) is 5.46. The van der Waals surface area contributed by atoms with Gasteiger partial charge in [-0.25, -0.2) is 9.37 Å². The lowest BCUT2D eigenvalue weighted by Crippen LogP contribution is -2.29. The number of rotatable bonds is 4. The van der Waals surface area contributed by atoms with Crippen LogP contribution in [0.5, 0.6) is 0 Å². The molecule has 6 heteroatoms. The summed E-state index contributed by atoms with van der Waals surface area (Å²) >= 11 is 7.27. The molecule has 0 radical (unpaired) electrons. The van der Waals surface area contributed by atoms with Crippen molar-refractivity contribution in [2.45, 2.75) is 26.3 Å². The quantitative estimate of drug-likeness (QED) is 0.673. The standard InChI is InChI=1S/C13H15ClFN3S/c1-7-13(19-8(2)17-7)12(18-16)6-9-3-4-10(14)11(15)5-9/h3-5,12,18H,6,16H2,1-2H3.